The lowest BCUT2D eigenvalue weighted by Crippen LogP contribution is -2.04. The lowest BCUT2D eigenvalue weighted by molar-refractivity contribution is 0.238. The van der Waals surface area contributed by atoms with Crippen molar-refractivity contribution in [3.8, 4) is 16.9 Å². The Labute approximate surface area is 156 Å². The number of hydrogen-bond acceptors (Lipinski definition) is 4. The van der Waals surface area contributed by atoms with Crippen LogP contribution in [0.5, 0.6) is 11.5 Å². The lowest BCUT2D eigenvalue weighted by Gasteiger charge is -2.16. The first-order valence-corrected chi connectivity index (χ1v) is 9.30. The number of aromatic hydroxyl groups is 1. The lowest BCUT2D eigenvalue weighted by atomic mass is 9.99. The molecule has 3 aromatic rings. The first-order chi connectivity index (χ1) is 12.7. The highest BCUT2D eigenvalue weighted by Crippen LogP contribution is 2.39. The zero-order chi connectivity index (χ0) is 17.9. The van der Waals surface area contributed by atoms with Gasteiger partial charge in [0.25, 0.3) is 0 Å². The highest BCUT2D eigenvalue weighted by atomic mass is 32.2. The average Bonchev–Trinajstić information content (AvgIpc) is 3.11. The minimum Gasteiger partial charge on any atom is -0.508 e. The van der Waals surface area contributed by atoms with E-state index in [-0.39, 0.29) is 17.1 Å². The maximum atomic E-state index is 9.49. The van der Waals surface area contributed by atoms with Gasteiger partial charge >= 0.3 is 0 Å². The van der Waals surface area contributed by atoms with Crippen molar-refractivity contribution in [2.45, 2.75) is 17.8 Å². The number of nitrogens with zero attached hydrogens (tertiary/aromatic N) is 1. The number of phenols is 1. The van der Waals surface area contributed by atoms with E-state index in [1.807, 2.05) is 30.3 Å². The zero-order valence-corrected chi connectivity index (χ0v) is 14.8. The Kier molecular flexibility index (Phi) is 4.55. The number of thioether (sulfide) groups is 1. The van der Waals surface area contributed by atoms with E-state index in [1.54, 1.807) is 12.1 Å². The quantitative estimate of drug-likeness (QED) is 0.636. The fourth-order valence-corrected chi connectivity index (χ4v) is 3.98. The summed E-state index contributed by atoms with van der Waals surface area (Å²) in [6, 6.07) is 23.4. The normalized spacial score (nSPS) is 16.3. The minimum atomic E-state index is -0.0867. The largest absolute Gasteiger partial charge is 0.508 e. The van der Waals surface area contributed by atoms with Crippen LogP contribution >= 0.6 is 11.8 Å². The van der Waals surface area contributed by atoms with Gasteiger partial charge in [0.1, 0.15) is 23.0 Å². The van der Waals surface area contributed by atoms with Gasteiger partial charge in [-0.25, -0.2) is 0 Å². The van der Waals surface area contributed by atoms with Crippen molar-refractivity contribution in [3.63, 3.8) is 0 Å². The predicted octanol–water partition coefficient (Wildman–Crippen LogP) is 5.37. The molecule has 128 valence electrons. The second-order valence-electron chi connectivity index (χ2n) is 6.27. The molecule has 1 heterocycles. The van der Waals surface area contributed by atoms with Gasteiger partial charge in [-0.2, -0.15) is 5.26 Å². The van der Waals surface area contributed by atoms with E-state index >= 15 is 0 Å². The van der Waals surface area contributed by atoms with Gasteiger partial charge < -0.3 is 9.84 Å². The molecular formula is C22H17NO2S. The number of rotatable bonds is 4. The number of ether oxygens (including phenoxy) is 1. The Hall–Kier alpha value is -2.90. The SMILES string of the molecule is N#CSC(c1ccc(O)cc1)c1ccc(C2Cc3ccccc3O2)cc1. The standard InChI is InChI=1S/C22H17NO2S/c23-14-26-22(17-9-11-19(24)12-10-17)16-7-5-15(6-8-16)21-13-18-3-1-2-4-20(18)25-21/h1-12,21-22,24H,13H2. The Morgan fingerprint density at radius 2 is 1.62 bits per heavy atom. The van der Waals surface area contributed by atoms with Crippen LogP contribution in [0.2, 0.25) is 0 Å². The van der Waals surface area contributed by atoms with Crippen LogP contribution < -0.4 is 4.74 Å². The van der Waals surface area contributed by atoms with Gasteiger partial charge in [-0.15, -0.1) is 0 Å². The third-order valence-electron chi connectivity index (χ3n) is 4.62. The molecule has 0 aromatic heterocycles. The first-order valence-electron chi connectivity index (χ1n) is 8.42. The van der Waals surface area contributed by atoms with Gasteiger partial charge in [0.15, 0.2) is 0 Å². The van der Waals surface area contributed by atoms with Gasteiger partial charge in [0.05, 0.1) is 5.25 Å². The number of fused-ring (bicyclic) bond motifs is 1. The number of nitriles is 1. The fraction of sp³-hybridized carbons (Fsp3) is 0.136. The Morgan fingerprint density at radius 1 is 0.962 bits per heavy atom. The highest BCUT2D eigenvalue weighted by Gasteiger charge is 2.24. The molecule has 0 radical (unpaired) electrons. The van der Waals surface area contributed by atoms with E-state index in [4.69, 9.17) is 4.74 Å². The second kappa shape index (κ2) is 7.15. The molecule has 1 N–H and O–H groups in total. The molecule has 1 aliphatic heterocycles. The van der Waals surface area contributed by atoms with Crippen molar-refractivity contribution in [3.05, 3.63) is 95.1 Å². The van der Waals surface area contributed by atoms with Gasteiger partial charge in [-0.05, 0) is 52.2 Å². The van der Waals surface area contributed by atoms with E-state index < -0.39 is 0 Å². The molecule has 0 fully saturated rings. The molecule has 0 bridgehead atoms. The summed E-state index contributed by atoms with van der Waals surface area (Å²) in [5.41, 5.74) is 4.42. The molecule has 0 saturated heterocycles. The van der Waals surface area contributed by atoms with E-state index in [2.05, 4.69) is 35.7 Å². The summed E-state index contributed by atoms with van der Waals surface area (Å²) in [7, 11) is 0. The number of thiocyanates is 1. The Balaban J connectivity index is 1.57. The predicted molar refractivity (Wildman–Crippen MR) is 103 cm³/mol. The maximum absolute atomic E-state index is 9.49. The molecule has 0 spiro atoms. The van der Waals surface area contributed by atoms with Crippen LogP contribution in [0.15, 0.2) is 72.8 Å². The number of phenolic OH excluding ortho intramolecular Hbond substituents is 1. The van der Waals surface area contributed by atoms with Crippen LogP contribution in [0, 0.1) is 10.7 Å². The Morgan fingerprint density at radius 3 is 2.27 bits per heavy atom. The van der Waals surface area contributed by atoms with Crippen LogP contribution in [-0.2, 0) is 6.42 Å². The smallest absolute Gasteiger partial charge is 0.134 e. The molecule has 4 rings (SSSR count). The molecule has 0 amide bonds. The van der Waals surface area contributed by atoms with Gasteiger partial charge in [-0.1, -0.05) is 54.6 Å². The van der Waals surface area contributed by atoms with Crippen molar-refractivity contribution in [1.29, 1.82) is 5.26 Å². The summed E-state index contributed by atoms with van der Waals surface area (Å²) in [6.45, 7) is 0. The third-order valence-corrected chi connectivity index (χ3v) is 5.51. The van der Waals surface area contributed by atoms with Crippen LogP contribution in [0.3, 0.4) is 0 Å². The third kappa shape index (κ3) is 3.26. The van der Waals surface area contributed by atoms with Crippen molar-refractivity contribution in [2.24, 2.45) is 0 Å². The molecule has 0 aliphatic carbocycles. The summed E-state index contributed by atoms with van der Waals surface area (Å²) in [5.74, 6) is 1.19. The summed E-state index contributed by atoms with van der Waals surface area (Å²) in [4.78, 5) is 0. The average molecular weight is 359 g/mol. The monoisotopic (exact) mass is 359 g/mol. The van der Waals surface area contributed by atoms with Crippen LogP contribution in [0.4, 0.5) is 0 Å². The van der Waals surface area contributed by atoms with E-state index in [9.17, 15) is 10.4 Å². The minimum absolute atomic E-state index is 0.0391. The van der Waals surface area contributed by atoms with Gasteiger partial charge in [0, 0.05) is 6.42 Å². The van der Waals surface area contributed by atoms with Crippen LogP contribution in [0.1, 0.15) is 33.6 Å². The zero-order valence-electron chi connectivity index (χ0n) is 14.0. The van der Waals surface area contributed by atoms with Crippen LogP contribution in [-0.4, -0.2) is 5.11 Å². The molecular weight excluding hydrogens is 342 g/mol. The summed E-state index contributed by atoms with van der Waals surface area (Å²) in [5, 5.41) is 20.8. The summed E-state index contributed by atoms with van der Waals surface area (Å²) < 4.78 is 6.05. The fourth-order valence-electron chi connectivity index (χ4n) is 3.28. The molecule has 2 unspecified atom stereocenters. The summed E-state index contributed by atoms with van der Waals surface area (Å²) in [6.07, 6.45) is 0.918. The van der Waals surface area contributed by atoms with Crippen molar-refractivity contribution < 1.29 is 9.84 Å². The second-order valence-corrected chi connectivity index (χ2v) is 7.16. The molecule has 3 aromatic carbocycles. The number of benzene rings is 3. The summed E-state index contributed by atoms with van der Waals surface area (Å²) >= 11 is 1.21. The molecule has 3 nitrogen and oxygen atoms in total. The highest BCUT2D eigenvalue weighted by molar-refractivity contribution is 8.04. The molecule has 4 heteroatoms. The van der Waals surface area contributed by atoms with Crippen molar-refractivity contribution in [2.75, 3.05) is 0 Å². The maximum Gasteiger partial charge on any atom is 0.134 e. The molecule has 26 heavy (non-hydrogen) atoms. The molecule has 0 saturated carbocycles. The number of para-hydroxylation sites is 1. The van der Waals surface area contributed by atoms with Gasteiger partial charge in [-0.3, -0.25) is 0 Å². The van der Waals surface area contributed by atoms with E-state index in [1.165, 1.54) is 17.3 Å². The Bertz CT molecular complexity index is 920. The van der Waals surface area contributed by atoms with Gasteiger partial charge in [0.2, 0.25) is 0 Å². The van der Waals surface area contributed by atoms with Crippen molar-refractivity contribution in [1.82, 2.24) is 0 Å². The molecule has 2 atom stereocenters. The van der Waals surface area contributed by atoms with Crippen molar-refractivity contribution >= 4 is 11.8 Å². The topological polar surface area (TPSA) is 53.2 Å². The van der Waals surface area contributed by atoms with E-state index in [0.29, 0.717) is 0 Å². The van der Waals surface area contributed by atoms with Crippen LogP contribution in [0.25, 0.3) is 0 Å². The van der Waals surface area contributed by atoms with E-state index in [0.717, 1.165) is 28.9 Å². The molecule has 1 aliphatic rings. The first kappa shape index (κ1) is 16.6. The number of hydrogen-bond donors (Lipinski definition) is 1.